The van der Waals surface area contributed by atoms with Gasteiger partial charge in [-0.1, -0.05) is 5.16 Å². The highest BCUT2D eigenvalue weighted by molar-refractivity contribution is 5.54. The lowest BCUT2D eigenvalue weighted by Crippen LogP contribution is -2.09. The Kier molecular flexibility index (Phi) is 0.670. The molecule has 0 saturated heterocycles. The Morgan fingerprint density at radius 2 is 2.67 bits per heavy atom. The van der Waals surface area contributed by atoms with E-state index in [-0.39, 0.29) is 6.23 Å². The molecule has 0 aliphatic carbocycles. The normalized spacial score (nSPS) is 29.2. The van der Waals surface area contributed by atoms with Gasteiger partial charge in [-0.3, -0.25) is 0 Å². The number of rotatable bonds is 0. The molecule has 33 valence electrons. The molecule has 0 aromatic carbocycles. The summed E-state index contributed by atoms with van der Waals surface area (Å²) in [6.45, 7) is 1.83. The van der Waals surface area contributed by atoms with Gasteiger partial charge >= 0.3 is 0 Å². The molecule has 0 amide bonds. The predicted molar refractivity (Wildman–Crippen MR) is 21.2 cm³/mol. The van der Waals surface area contributed by atoms with Crippen LogP contribution >= 0.6 is 0 Å². The van der Waals surface area contributed by atoms with Crippen LogP contribution in [0.3, 0.4) is 0 Å². The van der Waals surface area contributed by atoms with Crippen molar-refractivity contribution in [3.8, 4) is 0 Å². The molecule has 0 aromatic rings. The lowest BCUT2D eigenvalue weighted by Gasteiger charge is -1.92. The zero-order valence-corrected chi connectivity index (χ0v) is 3.46. The van der Waals surface area contributed by atoms with Crippen molar-refractivity contribution < 1.29 is 4.84 Å². The van der Waals surface area contributed by atoms with Gasteiger partial charge < -0.3 is 4.84 Å². The summed E-state index contributed by atoms with van der Waals surface area (Å²) in [5.41, 5.74) is 0. The molecule has 0 N–H and O–H groups in total. The first-order valence-corrected chi connectivity index (χ1v) is 1.77. The van der Waals surface area contributed by atoms with Gasteiger partial charge in [0, 0.05) is 0 Å². The summed E-state index contributed by atoms with van der Waals surface area (Å²) in [5, 5.41) is 7.09. The van der Waals surface area contributed by atoms with Gasteiger partial charge in [0.2, 0.25) is 6.23 Å². The van der Waals surface area contributed by atoms with E-state index in [2.05, 4.69) is 15.3 Å². The zero-order chi connectivity index (χ0) is 4.41. The molecule has 0 spiro atoms. The largest absolute Gasteiger partial charge is 0.368 e. The molecule has 1 radical (unpaired) electrons. The van der Waals surface area contributed by atoms with Gasteiger partial charge in [-0.05, 0) is 6.92 Å². The second-order valence-electron chi connectivity index (χ2n) is 1.07. The number of hydrogen-bond donors (Lipinski definition) is 0. The van der Waals surface area contributed by atoms with Crippen molar-refractivity contribution in [2.75, 3.05) is 0 Å². The second kappa shape index (κ2) is 1.16. The van der Waals surface area contributed by atoms with Gasteiger partial charge in [-0.25, -0.2) is 5.32 Å². The van der Waals surface area contributed by atoms with Crippen molar-refractivity contribution in [3.05, 3.63) is 0 Å². The zero-order valence-electron chi connectivity index (χ0n) is 3.46. The molecule has 0 aromatic heterocycles. The van der Waals surface area contributed by atoms with E-state index in [9.17, 15) is 0 Å². The topological polar surface area (TPSA) is 35.7 Å². The Labute approximate surface area is 36.0 Å². The van der Waals surface area contributed by atoms with Crippen LogP contribution in [0.25, 0.3) is 0 Å². The first-order valence-electron chi connectivity index (χ1n) is 1.77. The van der Waals surface area contributed by atoms with Crippen LogP contribution in [0, 0.1) is 0 Å². The molecule has 3 nitrogen and oxygen atoms in total. The van der Waals surface area contributed by atoms with Gasteiger partial charge in [-0.15, -0.1) is 0 Å². The molecule has 0 bridgehead atoms. The average molecular weight is 85.1 g/mol. The summed E-state index contributed by atoms with van der Waals surface area (Å²) in [6, 6.07) is 0. The van der Waals surface area contributed by atoms with Crippen molar-refractivity contribution in [2.45, 2.75) is 13.2 Å². The molecular weight excluding hydrogens is 80.0 g/mol. The fraction of sp³-hybridized carbons (Fsp3) is 0.667. The van der Waals surface area contributed by atoms with Crippen molar-refractivity contribution in [1.82, 2.24) is 5.32 Å². The van der Waals surface area contributed by atoms with E-state index in [0.717, 1.165) is 0 Å². The summed E-state index contributed by atoms with van der Waals surface area (Å²) >= 11 is 0. The van der Waals surface area contributed by atoms with Crippen LogP contribution in [-0.2, 0) is 4.84 Å². The molecule has 1 heterocycles. The maximum atomic E-state index is 4.56. The number of hydrogen-bond acceptors (Lipinski definition) is 2. The highest BCUT2D eigenvalue weighted by Gasteiger charge is 2.02. The average Bonchev–Trinajstić information content (AvgIpc) is 1.86. The summed E-state index contributed by atoms with van der Waals surface area (Å²) in [5.74, 6) is 0. The second-order valence-corrected chi connectivity index (χ2v) is 1.07. The quantitative estimate of drug-likeness (QED) is 0.405. The fourth-order valence-electron chi connectivity index (χ4n) is 0.264. The first-order chi connectivity index (χ1) is 2.89. The Morgan fingerprint density at radius 1 is 1.83 bits per heavy atom. The van der Waals surface area contributed by atoms with Crippen LogP contribution in [0.1, 0.15) is 6.92 Å². The molecule has 1 atom stereocenters. The summed E-state index contributed by atoms with van der Waals surface area (Å²) in [7, 11) is 0. The standard InChI is InChI=1S/C3H5N2O/c1-3-4-2-5-6-3/h2-3H,1H3. The Balaban J connectivity index is 2.32. The summed E-state index contributed by atoms with van der Waals surface area (Å²) in [4.78, 5) is 4.56. The minimum Gasteiger partial charge on any atom is -0.368 e. The minimum absolute atomic E-state index is 0.0509. The summed E-state index contributed by atoms with van der Waals surface area (Å²) in [6.07, 6.45) is 1.36. The van der Waals surface area contributed by atoms with Crippen molar-refractivity contribution in [2.24, 2.45) is 5.16 Å². The third kappa shape index (κ3) is 0.429. The van der Waals surface area contributed by atoms with E-state index in [0.29, 0.717) is 0 Å². The van der Waals surface area contributed by atoms with E-state index < -0.39 is 0 Å². The molecule has 3 heteroatoms. The third-order valence-corrected chi connectivity index (χ3v) is 0.537. The minimum atomic E-state index is -0.0509. The van der Waals surface area contributed by atoms with Crippen LogP contribution in [0.15, 0.2) is 5.16 Å². The van der Waals surface area contributed by atoms with Crippen LogP contribution in [0.5, 0.6) is 0 Å². The van der Waals surface area contributed by atoms with Gasteiger partial charge in [0.15, 0.2) is 6.34 Å². The van der Waals surface area contributed by atoms with Crippen LogP contribution in [-0.4, -0.2) is 12.6 Å². The maximum absolute atomic E-state index is 4.56. The van der Waals surface area contributed by atoms with E-state index >= 15 is 0 Å². The Bertz CT molecular complexity index is 63.2. The van der Waals surface area contributed by atoms with Crippen molar-refractivity contribution in [1.29, 1.82) is 0 Å². The fourth-order valence-corrected chi connectivity index (χ4v) is 0.264. The molecule has 6 heavy (non-hydrogen) atoms. The van der Waals surface area contributed by atoms with Gasteiger partial charge in [0.05, 0.1) is 0 Å². The summed E-state index contributed by atoms with van der Waals surface area (Å²) < 4.78 is 0. The molecule has 1 unspecified atom stereocenters. The van der Waals surface area contributed by atoms with E-state index in [1.54, 1.807) is 0 Å². The molecule has 1 aliphatic rings. The van der Waals surface area contributed by atoms with Crippen molar-refractivity contribution >= 4 is 6.34 Å². The van der Waals surface area contributed by atoms with Crippen molar-refractivity contribution in [3.63, 3.8) is 0 Å². The van der Waals surface area contributed by atoms with Crippen LogP contribution in [0.4, 0.5) is 0 Å². The van der Waals surface area contributed by atoms with Gasteiger partial charge in [-0.2, -0.15) is 0 Å². The highest BCUT2D eigenvalue weighted by atomic mass is 16.7. The van der Waals surface area contributed by atoms with Gasteiger partial charge in [0.25, 0.3) is 0 Å². The molecular formula is C3H5N2O. The molecule has 0 fully saturated rings. The van der Waals surface area contributed by atoms with Crippen LogP contribution in [0.2, 0.25) is 0 Å². The maximum Gasteiger partial charge on any atom is 0.215 e. The van der Waals surface area contributed by atoms with E-state index in [4.69, 9.17) is 0 Å². The third-order valence-electron chi connectivity index (χ3n) is 0.537. The Morgan fingerprint density at radius 3 is 2.83 bits per heavy atom. The highest BCUT2D eigenvalue weighted by Crippen LogP contribution is 1.90. The monoisotopic (exact) mass is 85.0 g/mol. The molecule has 0 saturated carbocycles. The molecule has 1 aliphatic heterocycles. The smallest absolute Gasteiger partial charge is 0.215 e. The van der Waals surface area contributed by atoms with Gasteiger partial charge in [0.1, 0.15) is 0 Å². The Hall–Kier alpha value is -0.730. The van der Waals surface area contributed by atoms with Crippen LogP contribution < -0.4 is 5.32 Å². The van der Waals surface area contributed by atoms with E-state index in [1.165, 1.54) is 6.34 Å². The number of oxime groups is 1. The first kappa shape index (κ1) is 3.46. The number of nitrogens with zero attached hydrogens (tertiary/aromatic N) is 2. The SMILES string of the molecule is CC1[N]C=NO1. The lowest BCUT2D eigenvalue weighted by molar-refractivity contribution is 0.0856. The van der Waals surface area contributed by atoms with E-state index in [1.807, 2.05) is 6.92 Å². The lowest BCUT2D eigenvalue weighted by atomic mass is 10.7. The molecule has 1 rings (SSSR count). The predicted octanol–water partition coefficient (Wildman–Crippen LogP) is -0.0897.